The fourth-order valence-corrected chi connectivity index (χ4v) is 2.38. The number of aromatic nitrogens is 2. The number of fused-ring (bicyclic) bond motifs is 3. The summed E-state index contributed by atoms with van der Waals surface area (Å²) in [4.78, 5) is 23.9. The Kier molecular flexibility index (Phi) is 2.28. The monoisotopic (exact) mass is 259 g/mol. The van der Waals surface area contributed by atoms with Crippen LogP contribution in [0, 0.1) is 0 Å². The lowest BCUT2D eigenvalue weighted by atomic mass is 10.2. The Hall–Kier alpha value is -2.50. The van der Waals surface area contributed by atoms with Gasteiger partial charge in [0, 0.05) is 24.7 Å². The lowest BCUT2D eigenvalue weighted by Gasteiger charge is -2.01. The summed E-state index contributed by atoms with van der Waals surface area (Å²) < 4.78 is 8.01. The van der Waals surface area contributed by atoms with E-state index >= 15 is 0 Å². The van der Waals surface area contributed by atoms with Crippen LogP contribution in [0.5, 0.6) is 0 Å². The maximum absolute atomic E-state index is 12.3. The highest BCUT2D eigenvalue weighted by Crippen LogP contribution is 2.27. The number of hydrogen-bond donors (Lipinski definition) is 1. The molecule has 2 heterocycles. The van der Waals surface area contributed by atoms with Gasteiger partial charge in [0.2, 0.25) is 5.71 Å². The molecule has 0 spiro atoms. The standard InChI is InChI=1S/C13H13N3O3/c1-3-16-9-5-4-7(14)6-8(9)10-11(17)15(2)13(18)19-12(10)16/h4-6H,3,14H2,1-2H3. The quantitative estimate of drug-likeness (QED) is 0.662. The van der Waals surface area contributed by atoms with Crippen LogP contribution in [0.2, 0.25) is 0 Å². The summed E-state index contributed by atoms with van der Waals surface area (Å²) >= 11 is 0. The molecule has 0 radical (unpaired) electrons. The second-order valence-corrected chi connectivity index (χ2v) is 4.43. The molecule has 2 aromatic heterocycles. The summed E-state index contributed by atoms with van der Waals surface area (Å²) in [7, 11) is 1.40. The number of anilines is 1. The Morgan fingerprint density at radius 2 is 2.05 bits per heavy atom. The zero-order valence-electron chi connectivity index (χ0n) is 10.6. The lowest BCUT2D eigenvalue weighted by molar-refractivity contribution is 0.465. The normalized spacial score (nSPS) is 11.5. The van der Waals surface area contributed by atoms with Crippen LogP contribution < -0.4 is 17.0 Å². The molecule has 0 fully saturated rings. The predicted molar refractivity (Wildman–Crippen MR) is 73.3 cm³/mol. The third-order valence-corrected chi connectivity index (χ3v) is 3.33. The van der Waals surface area contributed by atoms with E-state index in [0.29, 0.717) is 28.7 Å². The van der Waals surface area contributed by atoms with E-state index in [9.17, 15) is 9.59 Å². The number of aryl methyl sites for hydroxylation is 1. The highest BCUT2D eigenvalue weighted by molar-refractivity contribution is 6.06. The third kappa shape index (κ3) is 1.43. The van der Waals surface area contributed by atoms with E-state index in [1.807, 2.05) is 13.0 Å². The Balaban J connectivity index is 2.72. The number of hydrogen-bond acceptors (Lipinski definition) is 4. The smallest absolute Gasteiger partial charge is 0.399 e. The summed E-state index contributed by atoms with van der Waals surface area (Å²) in [5, 5.41) is 1.10. The van der Waals surface area contributed by atoms with Crippen molar-refractivity contribution in [2.24, 2.45) is 7.05 Å². The SMILES string of the molecule is CCn1c2ccc(N)cc2c2c(=O)n(C)c(=O)oc21. The van der Waals surface area contributed by atoms with Crippen LogP contribution in [0.3, 0.4) is 0 Å². The molecule has 19 heavy (non-hydrogen) atoms. The Labute approximate surface area is 107 Å². The van der Waals surface area contributed by atoms with Gasteiger partial charge in [-0.2, -0.15) is 0 Å². The average molecular weight is 259 g/mol. The molecule has 98 valence electrons. The first-order valence-electron chi connectivity index (χ1n) is 5.96. The number of nitrogens with zero attached hydrogens (tertiary/aromatic N) is 2. The van der Waals surface area contributed by atoms with E-state index in [4.69, 9.17) is 10.2 Å². The summed E-state index contributed by atoms with van der Waals surface area (Å²) in [6.45, 7) is 2.52. The zero-order chi connectivity index (χ0) is 13.7. The van der Waals surface area contributed by atoms with Gasteiger partial charge in [-0.25, -0.2) is 9.36 Å². The van der Waals surface area contributed by atoms with Gasteiger partial charge >= 0.3 is 5.76 Å². The van der Waals surface area contributed by atoms with E-state index in [0.717, 1.165) is 10.1 Å². The Bertz CT molecular complexity index is 915. The molecule has 0 aliphatic rings. The second kappa shape index (κ2) is 3.74. The molecule has 0 unspecified atom stereocenters. The third-order valence-electron chi connectivity index (χ3n) is 3.33. The molecule has 0 aliphatic heterocycles. The minimum absolute atomic E-state index is 0.302. The van der Waals surface area contributed by atoms with E-state index in [1.54, 1.807) is 16.7 Å². The minimum Gasteiger partial charge on any atom is -0.399 e. The highest BCUT2D eigenvalue weighted by atomic mass is 16.4. The molecular formula is C13H13N3O3. The summed E-state index contributed by atoms with van der Waals surface area (Å²) in [6.07, 6.45) is 0. The first-order chi connectivity index (χ1) is 9.04. The van der Waals surface area contributed by atoms with Crippen molar-refractivity contribution in [3.63, 3.8) is 0 Å². The Morgan fingerprint density at radius 3 is 2.74 bits per heavy atom. The van der Waals surface area contributed by atoms with Crippen LogP contribution in [0.4, 0.5) is 5.69 Å². The van der Waals surface area contributed by atoms with Gasteiger partial charge in [0.05, 0.1) is 5.52 Å². The van der Waals surface area contributed by atoms with Crippen LogP contribution in [-0.4, -0.2) is 9.13 Å². The number of nitrogens with two attached hydrogens (primary N) is 1. The first kappa shape index (κ1) is 11.6. The number of rotatable bonds is 1. The minimum atomic E-state index is -0.664. The van der Waals surface area contributed by atoms with Gasteiger partial charge in [-0.05, 0) is 25.1 Å². The highest BCUT2D eigenvalue weighted by Gasteiger charge is 2.17. The van der Waals surface area contributed by atoms with Crippen molar-refractivity contribution >= 4 is 27.7 Å². The maximum Gasteiger partial charge on any atom is 0.423 e. The fraction of sp³-hybridized carbons (Fsp3) is 0.231. The van der Waals surface area contributed by atoms with Gasteiger partial charge in [0.1, 0.15) is 5.39 Å². The van der Waals surface area contributed by atoms with Crippen molar-refractivity contribution in [1.29, 1.82) is 0 Å². The van der Waals surface area contributed by atoms with Crippen molar-refractivity contribution in [3.8, 4) is 0 Å². The lowest BCUT2D eigenvalue weighted by Crippen LogP contribution is -2.29. The number of nitrogen functional groups attached to an aromatic ring is 1. The largest absolute Gasteiger partial charge is 0.423 e. The number of benzene rings is 1. The average Bonchev–Trinajstić information content (AvgIpc) is 2.68. The summed E-state index contributed by atoms with van der Waals surface area (Å²) in [5.41, 5.74) is 7.11. The molecular weight excluding hydrogens is 246 g/mol. The van der Waals surface area contributed by atoms with Crippen molar-refractivity contribution in [2.45, 2.75) is 13.5 Å². The van der Waals surface area contributed by atoms with Crippen LogP contribution in [-0.2, 0) is 13.6 Å². The molecule has 1 aromatic carbocycles. The van der Waals surface area contributed by atoms with Crippen LogP contribution in [0.1, 0.15) is 6.92 Å². The van der Waals surface area contributed by atoms with Crippen molar-refractivity contribution < 1.29 is 4.42 Å². The summed E-state index contributed by atoms with van der Waals surface area (Å²) in [6, 6.07) is 5.31. The predicted octanol–water partition coefficient (Wildman–Crippen LogP) is 1.05. The molecule has 6 heteroatoms. The van der Waals surface area contributed by atoms with Crippen molar-refractivity contribution in [1.82, 2.24) is 9.13 Å². The van der Waals surface area contributed by atoms with Gasteiger partial charge < -0.3 is 14.7 Å². The summed E-state index contributed by atoms with van der Waals surface area (Å²) in [5.74, 6) is -0.664. The van der Waals surface area contributed by atoms with Crippen LogP contribution in [0.15, 0.2) is 32.2 Å². The first-order valence-corrected chi connectivity index (χ1v) is 5.96. The molecule has 6 nitrogen and oxygen atoms in total. The molecule has 2 N–H and O–H groups in total. The van der Waals surface area contributed by atoms with Crippen LogP contribution >= 0.6 is 0 Å². The van der Waals surface area contributed by atoms with Gasteiger partial charge in [0.15, 0.2) is 0 Å². The van der Waals surface area contributed by atoms with Gasteiger partial charge in [-0.3, -0.25) is 4.79 Å². The molecule has 0 bridgehead atoms. The molecule has 0 atom stereocenters. The van der Waals surface area contributed by atoms with Crippen molar-refractivity contribution in [2.75, 3.05) is 5.73 Å². The fourth-order valence-electron chi connectivity index (χ4n) is 2.38. The van der Waals surface area contributed by atoms with E-state index in [-0.39, 0.29) is 5.56 Å². The van der Waals surface area contributed by atoms with E-state index < -0.39 is 5.76 Å². The zero-order valence-corrected chi connectivity index (χ0v) is 10.6. The molecule has 3 rings (SSSR count). The van der Waals surface area contributed by atoms with E-state index in [1.165, 1.54) is 7.05 Å². The van der Waals surface area contributed by atoms with Gasteiger partial charge in [-0.1, -0.05) is 0 Å². The second-order valence-electron chi connectivity index (χ2n) is 4.43. The van der Waals surface area contributed by atoms with E-state index in [2.05, 4.69) is 0 Å². The maximum atomic E-state index is 12.3. The molecule has 0 aliphatic carbocycles. The topological polar surface area (TPSA) is 83.2 Å². The van der Waals surface area contributed by atoms with Gasteiger partial charge in [-0.15, -0.1) is 0 Å². The molecule has 0 saturated heterocycles. The molecule has 0 saturated carbocycles. The van der Waals surface area contributed by atoms with Crippen molar-refractivity contribution in [3.05, 3.63) is 39.1 Å². The Morgan fingerprint density at radius 1 is 1.32 bits per heavy atom. The van der Waals surface area contributed by atoms with Crippen LogP contribution in [0.25, 0.3) is 22.0 Å². The molecule has 0 amide bonds. The van der Waals surface area contributed by atoms with Gasteiger partial charge in [0.25, 0.3) is 5.56 Å². The molecule has 3 aromatic rings.